The summed E-state index contributed by atoms with van der Waals surface area (Å²) in [7, 11) is 0. The Bertz CT molecular complexity index is 3710. The van der Waals surface area contributed by atoms with E-state index in [-0.39, 0.29) is 5.41 Å². The largest absolute Gasteiger partial charge is 0.309 e. The summed E-state index contributed by atoms with van der Waals surface area (Å²) in [5.41, 5.74) is 19.1. The van der Waals surface area contributed by atoms with Crippen molar-refractivity contribution in [3.8, 4) is 50.5 Å². The van der Waals surface area contributed by atoms with E-state index in [1.165, 1.54) is 82.8 Å². The summed E-state index contributed by atoms with van der Waals surface area (Å²) >= 11 is 0. The summed E-state index contributed by atoms with van der Waals surface area (Å²) in [6, 6.07) is 75.8. The molecule has 0 fully saturated rings. The topological polar surface area (TPSA) is 35.1 Å². The molecule has 0 amide bonds. The van der Waals surface area contributed by atoms with Crippen molar-refractivity contribution in [3.05, 3.63) is 229 Å². The number of fused-ring (bicyclic) bond motifs is 19. The number of para-hydroxylation sites is 2. The highest BCUT2D eigenvalue weighted by atomic mass is 15.2. The summed E-state index contributed by atoms with van der Waals surface area (Å²) in [4.78, 5) is 0. The highest BCUT2D eigenvalue weighted by Gasteiger charge is 2.51. The molecular weight excluding hydrogens is 741 g/mol. The minimum absolute atomic E-state index is 0.390. The van der Waals surface area contributed by atoms with E-state index in [0.29, 0.717) is 0 Å². The van der Waals surface area contributed by atoms with Crippen molar-refractivity contribution in [1.29, 1.82) is 0 Å². The van der Waals surface area contributed by atoms with Crippen molar-refractivity contribution in [2.24, 2.45) is 0 Å². The third kappa shape index (κ3) is 4.23. The molecule has 0 saturated carbocycles. The lowest BCUT2D eigenvalue weighted by molar-refractivity contribution is 0.794. The van der Waals surface area contributed by atoms with Gasteiger partial charge in [-0.1, -0.05) is 152 Å². The van der Waals surface area contributed by atoms with E-state index in [1.807, 2.05) is 0 Å². The molecule has 0 unspecified atom stereocenters. The summed E-state index contributed by atoms with van der Waals surface area (Å²) in [6.45, 7) is 0. The Labute approximate surface area is 351 Å². The molecule has 4 nitrogen and oxygen atoms in total. The first kappa shape index (κ1) is 32.8. The highest BCUT2D eigenvalue weighted by molar-refractivity contribution is 6.13. The third-order valence-corrected chi connectivity index (χ3v) is 13.7. The lowest BCUT2D eigenvalue weighted by Gasteiger charge is -2.30. The second kappa shape index (κ2) is 12.0. The lowest BCUT2D eigenvalue weighted by atomic mass is 9.70. The quantitative estimate of drug-likeness (QED) is 0.168. The monoisotopic (exact) mass is 774 g/mol. The maximum atomic E-state index is 4.88. The first-order valence-electron chi connectivity index (χ1n) is 21.0. The number of aromatic nitrogens is 4. The normalized spacial score (nSPS) is 13.4. The van der Waals surface area contributed by atoms with Crippen molar-refractivity contribution in [1.82, 2.24) is 19.2 Å². The Balaban J connectivity index is 0.946. The predicted molar refractivity (Wildman–Crippen MR) is 250 cm³/mol. The molecule has 9 aromatic carbocycles. The zero-order valence-corrected chi connectivity index (χ0v) is 32.9. The van der Waals surface area contributed by atoms with Gasteiger partial charge >= 0.3 is 0 Å². The van der Waals surface area contributed by atoms with Gasteiger partial charge in [-0.25, -0.2) is 0 Å². The van der Waals surface area contributed by atoms with Gasteiger partial charge in [0.15, 0.2) is 11.5 Å². The fourth-order valence-electron chi connectivity index (χ4n) is 11.1. The second-order valence-electron chi connectivity index (χ2n) is 16.5. The summed E-state index contributed by atoms with van der Waals surface area (Å²) in [5.74, 6) is 0.822. The number of benzene rings is 9. The summed E-state index contributed by atoms with van der Waals surface area (Å²) in [5, 5.41) is 15.6. The molecule has 2 aliphatic rings. The van der Waals surface area contributed by atoms with Crippen molar-refractivity contribution in [2.75, 3.05) is 0 Å². The molecule has 0 bridgehead atoms. The van der Waals surface area contributed by atoms with Crippen molar-refractivity contribution >= 4 is 49.1 Å². The van der Waals surface area contributed by atoms with E-state index in [1.54, 1.807) is 0 Å². The SMILES string of the molecule is c1ccc2c(c1)-c1ccccc1C21c2ccccc2-c2ccc(-c3ccc4c(c3)c3ccccc3c3nnc(-c5ccc(-n6c7ccccc7c7ccccc76)cc5)n43)cc21. The number of rotatable bonds is 3. The average molecular weight is 775 g/mol. The van der Waals surface area contributed by atoms with Crippen LogP contribution in [-0.4, -0.2) is 19.2 Å². The van der Waals surface area contributed by atoms with Gasteiger partial charge in [-0.05, 0) is 116 Å². The molecule has 1 spiro atoms. The molecule has 0 saturated heterocycles. The van der Waals surface area contributed by atoms with Crippen LogP contribution in [0.5, 0.6) is 0 Å². The Morgan fingerprint density at radius 2 is 0.820 bits per heavy atom. The number of hydrogen-bond acceptors (Lipinski definition) is 2. The maximum absolute atomic E-state index is 4.88. The number of pyridine rings is 1. The zero-order chi connectivity index (χ0) is 39.8. The minimum atomic E-state index is -0.390. The van der Waals surface area contributed by atoms with Crippen LogP contribution in [-0.2, 0) is 5.41 Å². The van der Waals surface area contributed by atoms with Crippen LogP contribution in [0.2, 0.25) is 0 Å². The molecule has 3 aromatic heterocycles. The molecule has 0 N–H and O–H groups in total. The molecule has 0 atom stereocenters. The van der Waals surface area contributed by atoms with E-state index < -0.39 is 0 Å². The predicted octanol–water partition coefficient (Wildman–Crippen LogP) is 13.8. The molecule has 4 heteroatoms. The Kier molecular flexibility index (Phi) is 6.46. The Hall–Kier alpha value is -8.08. The second-order valence-corrected chi connectivity index (χ2v) is 16.5. The van der Waals surface area contributed by atoms with E-state index in [2.05, 4.69) is 215 Å². The smallest absolute Gasteiger partial charge is 0.169 e. The van der Waals surface area contributed by atoms with Crippen molar-refractivity contribution in [3.63, 3.8) is 0 Å². The van der Waals surface area contributed by atoms with Crippen molar-refractivity contribution < 1.29 is 0 Å². The molecule has 3 heterocycles. The molecule has 0 radical (unpaired) electrons. The van der Waals surface area contributed by atoms with Gasteiger partial charge in [-0.2, -0.15) is 0 Å². The van der Waals surface area contributed by atoms with Crippen LogP contribution in [0.1, 0.15) is 22.3 Å². The molecule has 61 heavy (non-hydrogen) atoms. The maximum Gasteiger partial charge on any atom is 0.169 e. The van der Waals surface area contributed by atoms with E-state index in [9.17, 15) is 0 Å². The van der Waals surface area contributed by atoms with E-state index in [0.717, 1.165) is 39.0 Å². The summed E-state index contributed by atoms with van der Waals surface area (Å²) in [6.07, 6.45) is 0. The van der Waals surface area contributed by atoms with Crippen LogP contribution in [0.4, 0.5) is 0 Å². The molecule has 12 aromatic rings. The fourth-order valence-corrected chi connectivity index (χ4v) is 11.1. The Morgan fingerprint density at radius 1 is 0.328 bits per heavy atom. The van der Waals surface area contributed by atoms with Gasteiger partial charge in [0.1, 0.15) is 0 Å². The van der Waals surface area contributed by atoms with Gasteiger partial charge in [-0.3, -0.25) is 4.40 Å². The van der Waals surface area contributed by atoms with Crippen LogP contribution in [0.25, 0.3) is 99.6 Å². The van der Waals surface area contributed by atoms with Gasteiger partial charge in [0.2, 0.25) is 0 Å². The fraction of sp³-hybridized carbons (Fsp3) is 0.0175. The van der Waals surface area contributed by atoms with E-state index >= 15 is 0 Å². The van der Waals surface area contributed by atoms with Crippen LogP contribution >= 0.6 is 0 Å². The highest BCUT2D eigenvalue weighted by Crippen LogP contribution is 2.63. The molecular formula is C57H34N4. The van der Waals surface area contributed by atoms with Crippen LogP contribution in [0.3, 0.4) is 0 Å². The average Bonchev–Trinajstić information content (AvgIpc) is 4.08. The van der Waals surface area contributed by atoms with Crippen LogP contribution in [0.15, 0.2) is 206 Å². The molecule has 282 valence electrons. The molecule has 14 rings (SSSR count). The van der Waals surface area contributed by atoms with Gasteiger partial charge in [-0.15, -0.1) is 10.2 Å². The van der Waals surface area contributed by atoms with E-state index in [4.69, 9.17) is 10.2 Å². The number of hydrogen-bond donors (Lipinski definition) is 0. The first-order valence-corrected chi connectivity index (χ1v) is 21.0. The standard InChI is InChI=1S/C57H34N4/c1-2-19-46-39(13-1)47-33-36(37-27-31-43-42-16-5-10-22-50(42)57(51(43)34-37)48-20-8-3-14-40(48)41-15-4-9-21-49(41)57)28-32-54(47)61-55(58-59-56(46)61)35-25-29-38(30-26-35)60-52-23-11-6-17-44(52)45-18-7-12-24-53(45)60/h1-34H. The number of nitrogens with zero attached hydrogens (tertiary/aromatic N) is 4. The Morgan fingerprint density at radius 3 is 1.46 bits per heavy atom. The van der Waals surface area contributed by atoms with Crippen LogP contribution in [0, 0.1) is 0 Å². The summed E-state index contributed by atoms with van der Waals surface area (Å²) < 4.78 is 4.60. The van der Waals surface area contributed by atoms with Gasteiger partial charge in [0.25, 0.3) is 0 Å². The lowest BCUT2D eigenvalue weighted by Crippen LogP contribution is -2.25. The molecule has 0 aliphatic heterocycles. The molecule has 2 aliphatic carbocycles. The van der Waals surface area contributed by atoms with Gasteiger partial charge in [0, 0.05) is 32.8 Å². The van der Waals surface area contributed by atoms with Crippen LogP contribution < -0.4 is 0 Å². The van der Waals surface area contributed by atoms with Crippen molar-refractivity contribution in [2.45, 2.75) is 5.41 Å². The van der Waals surface area contributed by atoms with Gasteiger partial charge < -0.3 is 4.57 Å². The minimum Gasteiger partial charge on any atom is -0.309 e. The third-order valence-electron chi connectivity index (χ3n) is 13.7. The zero-order valence-electron chi connectivity index (χ0n) is 32.9. The first-order chi connectivity index (χ1) is 30.3. The van der Waals surface area contributed by atoms with Gasteiger partial charge in [0.05, 0.1) is 22.0 Å².